The Morgan fingerprint density at radius 3 is 2.79 bits per heavy atom. The fourth-order valence-corrected chi connectivity index (χ4v) is 2.77. The van der Waals surface area contributed by atoms with Crippen LogP contribution >= 0.6 is 11.6 Å². The van der Waals surface area contributed by atoms with Crippen LogP contribution < -0.4 is 5.32 Å². The van der Waals surface area contributed by atoms with E-state index in [1.165, 1.54) is 13.0 Å². The van der Waals surface area contributed by atoms with E-state index in [0.717, 1.165) is 5.56 Å². The van der Waals surface area contributed by atoms with Gasteiger partial charge in [0.25, 0.3) is 5.91 Å². The van der Waals surface area contributed by atoms with Gasteiger partial charge < -0.3 is 5.32 Å². The molecule has 0 spiro atoms. The van der Waals surface area contributed by atoms with E-state index in [9.17, 15) is 9.59 Å². The summed E-state index contributed by atoms with van der Waals surface area (Å²) in [6.07, 6.45) is 1.81. The molecule has 0 unspecified atom stereocenters. The summed E-state index contributed by atoms with van der Waals surface area (Å²) in [5.74, 6) is -0.561. The monoisotopic (exact) mass is 396 g/mol. The molecule has 1 amide bonds. The smallest absolute Gasteiger partial charge is 0.269 e. The molecule has 0 aliphatic rings. The molecule has 0 saturated heterocycles. The lowest BCUT2D eigenvalue weighted by molar-refractivity contribution is 0.0942. The number of nitriles is 1. The maximum atomic E-state index is 12.2. The van der Waals surface area contributed by atoms with Crippen LogP contribution in [0.5, 0.6) is 0 Å². The molecule has 2 N–H and O–H groups in total. The van der Waals surface area contributed by atoms with Gasteiger partial charge in [-0.15, -0.1) is 0 Å². The van der Waals surface area contributed by atoms with Crippen LogP contribution in [0, 0.1) is 11.3 Å². The van der Waals surface area contributed by atoms with Crippen molar-refractivity contribution in [2.45, 2.75) is 19.9 Å². The highest BCUT2D eigenvalue weighted by Gasteiger charge is 2.14. The number of ketones is 1. The summed E-state index contributed by atoms with van der Waals surface area (Å²) in [7, 11) is 0. The van der Waals surface area contributed by atoms with Crippen LogP contribution in [-0.2, 0) is 0 Å². The molecule has 0 bridgehead atoms. The van der Waals surface area contributed by atoms with Crippen molar-refractivity contribution in [2.24, 2.45) is 0 Å². The van der Waals surface area contributed by atoms with Gasteiger partial charge in [0.2, 0.25) is 0 Å². The van der Waals surface area contributed by atoms with Crippen molar-refractivity contribution in [3.05, 3.63) is 58.5 Å². The summed E-state index contributed by atoms with van der Waals surface area (Å²) in [5.41, 5.74) is 2.37. The van der Waals surface area contributed by atoms with Gasteiger partial charge in [-0.2, -0.15) is 15.5 Å². The minimum atomic E-state index is -0.349. The number of nitrogens with zero attached hydrogens (tertiary/aromatic N) is 4. The molecule has 0 radical (unpaired) electrons. The van der Waals surface area contributed by atoms with Crippen LogP contribution in [0.2, 0.25) is 5.02 Å². The first-order valence-electron chi connectivity index (χ1n) is 8.48. The molecular weight excluding hydrogens is 380 g/mol. The predicted molar refractivity (Wildman–Crippen MR) is 103 cm³/mol. The van der Waals surface area contributed by atoms with Crippen molar-refractivity contribution < 1.29 is 9.59 Å². The van der Waals surface area contributed by atoms with Gasteiger partial charge in [-0.3, -0.25) is 19.4 Å². The van der Waals surface area contributed by atoms with Crippen molar-refractivity contribution in [2.75, 3.05) is 6.54 Å². The van der Waals surface area contributed by atoms with Gasteiger partial charge in [0.05, 0.1) is 22.3 Å². The number of aromatic amines is 1. The van der Waals surface area contributed by atoms with Gasteiger partial charge in [-0.25, -0.2) is 0 Å². The van der Waals surface area contributed by atoms with Gasteiger partial charge in [0.1, 0.15) is 17.5 Å². The summed E-state index contributed by atoms with van der Waals surface area (Å²) >= 11 is 6.08. The predicted octanol–water partition coefficient (Wildman–Crippen LogP) is 2.99. The fraction of sp³-hybridized carbons (Fsp3) is 0.211. The number of H-pyrrole nitrogens is 1. The third-order valence-corrected chi connectivity index (χ3v) is 4.50. The van der Waals surface area contributed by atoms with Gasteiger partial charge in [0.15, 0.2) is 5.78 Å². The minimum absolute atomic E-state index is 0.109. The maximum absolute atomic E-state index is 12.2. The van der Waals surface area contributed by atoms with Crippen LogP contribution in [0.3, 0.4) is 0 Å². The molecule has 142 valence electrons. The van der Waals surface area contributed by atoms with Crippen molar-refractivity contribution in [3.63, 3.8) is 0 Å². The summed E-state index contributed by atoms with van der Waals surface area (Å²) in [6, 6.07) is 10.3. The number of amides is 1. The van der Waals surface area contributed by atoms with E-state index >= 15 is 0 Å². The number of Topliss-reactive ketones (excluding diaryl/α,β-unsaturated/α-hetero) is 1. The molecule has 0 aliphatic carbocycles. The Morgan fingerprint density at radius 2 is 2.14 bits per heavy atom. The van der Waals surface area contributed by atoms with Crippen LogP contribution in [0.1, 0.15) is 46.4 Å². The standard InChI is InChI=1S/C19H17ClN6O2/c1-11(10-22-19(28)18-8-17(12(2)27)23-24-18)26-6-5-16(25-26)13-3-4-14(9-21)15(20)7-13/h3-8,11H,10H2,1-2H3,(H,22,28)(H,23,24)/t11-/m0/s1. The molecule has 2 aromatic heterocycles. The van der Waals surface area contributed by atoms with E-state index < -0.39 is 0 Å². The van der Waals surface area contributed by atoms with Gasteiger partial charge in [0, 0.05) is 25.2 Å². The molecule has 0 aliphatic heterocycles. The molecule has 1 atom stereocenters. The van der Waals surface area contributed by atoms with E-state index in [4.69, 9.17) is 16.9 Å². The molecule has 3 aromatic rings. The average molecular weight is 397 g/mol. The Balaban J connectivity index is 1.64. The molecule has 0 saturated carbocycles. The number of hydrogen-bond donors (Lipinski definition) is 2. The third kappa shape index (κ3) is 4.10. The molecule has 3 rings (SSSR count). The second kappa shape index (κ2) is 8.06. The zero-order valence-corrected chi connectivity index (χ0v) is 16.0. The summed E-state index contributed by atoms with van der Waals surface area (Å²) in [6.45, 7) is 3.63. The van der Waals surface area contributed by atoms with Crippen molar-refractivity contribution in [1.82, 2.24) is 25.3 Å². The Kier molecular flexibility index (Phi) is 5.57. The van der Waals surface area contributed by atoms with Crippen molar-refractivity contribution in [3.8, 4) is 17.3 Å². The first kappa shape index (κ1) is 19.3. The molecular formula is C19H17ClN6O2. The van der Waals surface area contributed by atoms with E-state index in [0.29, 0.717) is 22.8 Å². The SMILES string of the molecule is CC(=O)c1cc(C(=O)NC[C@H](C)n2ccc(-c3ccc(C#N)c(Cl)c3)n2)[nH]n1. The second-order valence-corrected chi connectivity index (χ2v) is 6.68. The first-order chi connectivity index (χ1) is 13.4. The van der Waals surface area contributed by atoms with Crippen LogP contribution in [0.4, 0.5) is 0 Å². The quantitative estimate of drug-likeness (QED) is 0.621. The summed E-state index contributed by atoms with van der Waals surface area (Å²) < 4.78 is 1.73. The number of aromatic nitrogens is 4. The highest BCUT2D eigenvalue weighted by molar-refractivity contribution is 6.32. The Labute approximate surface area is 166 Å². The number of benzene rings is 1. The topological polar surface area (TPSA) is 116 Å². The highest BCUT2D eigenvalue weighted by Crippen LogP contribution is 2.24. The van der Waals surface area contributed by atoms with E-state index in [1.807, 2.05) is 25.3 Å². The molecule has 0 fully saturated rings. The number of nitrogens with one attached hydrogen (secondary N) is 2. The van der Waals surface area contributed by atoms with Gasteiger partial charge >= 0.3 is 0 Å². The zero-order valence-electron chi connectivity index (χ0n) is 15.2. The molecule has 28 heavy (non-hydrogen) atoms. The normalized spacial score (nSPS) is 11.6. The lowest BCUT2D eigenvalue weighted by atomic mass is 10.1. The van der Waals surface area contributed by atoms with Crippen molar-refractivity contribution in [1.29, 1.82) is 5.26 Å². The number of hydrogen-bond acceptors (Lipinski definition) is 5. The molecule has 1 aromatic carbocycles. The lowest BCUT2D eigenvalue weighted by Crippen LogP contribution is -2.30. The number of rotatable bonds is 6. The van der Waals surface area contributed by atoms with E-state index in [-0.39, 0.29) is 29.1 Å². The Hall–Kier alpha value is -3.44. The molecule has 2 heterocycles. The fourth-order valence-electron chi connectivity index (χ4n) is 2.55. The zero-order chi connectivity index (χ0) is 20.3. The first-order valence-corrected chi connectivity index (χ1v) is 8.86. The minimum Gasteiger partial charge on any atom is -0.349 e. The largest absolute Gasteiger partial charge is 0.349 e. The van der Waals surface area contributed by atoms with Crippen LogP contribution in [0.15, 0.2) is 36.5 Å². The number of carbonyl (C=O) groups is 2. The van der Waals surface area contributed by atoms with E-state index in [1.54, 1.807) is 22.9 Å². The molecule has 8 nitrogen and oxygen atoms in total. The summed E-state index contributed by atoms with van der Waals surface area (Å²) in [5, 5.41) is 23.0. The number of carbonyl (C=O) groups excluding carboxylic acids is 2. The lowest BCUT2D eigenvalue weighted by Gasteiger charge is -2.13. The second-order valence-electron chi connectivity index (χ2n) is 6.27. The number of halogens is 1. The summed E-state index contributed by atoms with van der Waals surface area (Å²) in [4.78, 5) is 23.4. The Morgan fingerprint density at radius 1 is 1.36 bits per heavy atom. The Bertz CT molecular complexity index is 1080. The highest BCUT2D eigenvalue weighted by atomic mass is 35.5. The maximum Gasteiger partial charge on any atom is 0.269 e. The van der Waals surface area contributed by atoms with Gasteiger partial charge in [-0.1, -0.05) is 17.7 Å². The van der Waals surface area contributed by atoms with Crippen molar-refractivity contribution >= 4 is 23.3 Å². The molecule has 9 heteroatoms. The average Bonchev–Trinajstić information content (AvgIpc) is 3.35. The van der Waals surface area contributed by atoms with Gasteiger partial charge in [-0.05, 0) is 31.2 Å². The van der Waals surface area contributed by atoms with Crippen LogP contribution in [-0.4, -0.2) is 38.2 Å². The van der Waals surface area contributed by atoms with E-state index in [2.05, 4.69) is 20.6 Å². The third-order valence-electron chi connectivity index (χ3n) is 4.19. The van der Waals surface area contributed by atoms with Crippen LogP contribution in [0.25, 0.3) is 11.3 Å².